The molecule has 1 N–H and O–H groups in total. The van der Waals surface area contributed by atoms with E-state index in [0.717, 1.165) is 0 Å². The summed E-state index contributed by atoms with van der Waals surface area (Å²) in [5, 5.41) is 3.46. The molecule has 18 heavy (non-hydrogen) atoms. The predicted octanol–water partition coefficient (Wildman–Crippen LogP) is 4.59. The van der Waals surface area contributed by atoms with Gasteiger partial charge in [0, 0.05) is 13.3 Å². The molecule has 0 aliphatic rings. The molecule has 1 aromatic heterocycles. The summed E-state index contributed by atoms with van der Waals surface area (Å²) >= 11 is 4.33. The summed E-state index contributed by atoms with van der Waals surface area (Å²) in [6.45, 7) is 6.55. The average molecular weight is 371 g/mol. The van der Waals surface area contributed by atoms with Gasteiger partial charge in [-0.2, -0.15) is 0 Å². The van der Waals surface area contributed by atoms with Crippen LogP contribution in [0.5, 0.6) is 0 Å². The second-order valence-electron chi connectivity index (χ2n) is 4.57. The summed E-state index contributed by atoms with van der Waals surface area (Å²) in [7, 11) is 2.04. The van der Waals surface area contributed by atoms with E-state index < -0.39 is 0 Å². The van der Waals surface area contributed by atoms with Crippen LogP contribution in [0.3, 0.4) is 0 Å². The van der Waals surface area contributed by atoms with Crippen molar-refractivity contribution in [3.63, 3.8) is 0 Å². The van der Waals surface area contributed by atoms with Crippen LogP contribution in [0.4, 0.5) is 0 Å². The molecule has 0 saturated heterocycles. The normalized spacial score (nSPS) is 12.7. The molecular formula is C15H18INS. The van der Waals surface area contributed by atoms with E-state index in [4.69, 9.17) is 0 Å². The van der Waals surface area contributed by atoms with Gasteiger partial charge in [-0.1, -0.05) is 18.2 Å². The van der Waals surface area contributed by atoms with E-state index in [1.54, 1.807) is 0 Å². The van der Waals surface area contributed by atoms with Crippen molar-refractivity contribution in [2.24, 2.45) is 0 Å². The van der Waals surface area contributed by atoms with Crippen LogP contribution in [0, 0.1) is 24.3 Å². The minimum atomic E-state index is 0.293. The van der Waals surface area contributed by atoms with Crippen molar-refractivity contribution in [2.75, 3.05) is 7.05 Å². The van der Waals surface area contributed by atoms with E-state index >= 15 is 0 Å². The van der Waals surface area contributed by atoms with E-state index in [0.29, 0.717) is 6.04 Å². The Morgan fingerprint density at radius 3 is 2.44 bits per heavy atom. The molecule has 0 bridgehead atoms. The highest BCUT2D eigenvalue weighted by molar-refractivity contribution is 14.1. The Morgan fingerprint density at radius 2 is 1.89 bits per heavy atom. The highest BCUT2D eigenvalue weighted by Gasteiger charge is 2.19. The lowest BCUT2D eigenvalue weighted by molar-refractivity contribution is 0.686. The van der Waals surface area contributed by atoms with Gasteiger partial charge in [-0.25, -0.2) is 0 Å². The van der Waals surface area contributed by atoms with Gasteiger partial charge in [-0.05, 0) is 73.2 Å². The van der Waals surface area contributed by atoms with E-state index in [-0.39, 0.29) is 0 Å². The standard InChI is InChI=1S/C15H18INS/c1-9-6-5-7-12(14(9)16)15(17-4)13-8-10(2)18-11(13)3/h5-8,15,17H,1-4H3. The predicted molar refractivity (Wildman–Crippen MR) is 88.6 cm³/mol. The lowest BCUT2D eigenvalue weighted by Crippen LogP contribution is -2.19. The monoisotopic (exact) mass is 371 g/mol. The van der Waals surface area contributed by atoms with Crippen LogP contribution in [0.1, 0.15) is 32.5 Å². The van der Waals surface area contributed by atoms with Crippen LogP contribution in [0.2, 0.25) is 0 Å². The molecule has 1 atom stereocenters. The number of halogens is 1. The summed E-state index contributed by atoms with van der Waals surface area (Å²) in [5.41, 5.74) is 4.13. The van der Waals surface area contributed by atoms with Gasteiger partial charge in [0.05, 0.1) is 6.04 Å². The lowest BCUT2D eigenvalue weighted by Gasteiger charge is -2.19. The molecule has 2 rings (SSSR count). The average Bonchev–Trinajstić information content (AvgIpc) is 2.65. The summed E-state index contributed by atoms with van der Waals surface area (Å²) in [4.78, 5) is 2.79. The van der Waals surface area contributed by atoms with E-state index in [1.165, 1.54) is 30.0 Å². The third-order valence-corrected chi connectivity index (χ3v) is 5.67. The molecule has 0 radical (unpaired) electrons. The van der Waals surface area contributed by atoms with Gasteiger partial charge in [-0.15, -0.1) is 11.3 Å². The molecule has 0 aliphatic carbocycles. The molecule has 0 amide bonds. The molecule has 96 valence electrons. The van der Waals surface area contributed by atoms with Crippen molar-refractivity contribution >= 4 is 33.9 Å². The van der Waals surface area contributed by atoms with Gasteiger partial charge in [-0.3, -0.25) is 0 Å². The minimum absolute atomic E-state index is 0.293. The highest BCUT2D eigenvalue weighted by atomic mass is 127. The molecule has 0 saturated carbocycles. The van der Waals surface area contributed by atoms with E-state index in [2.05, 4.69) is 72.9 Å². The second kappa shape index (κ2) is 5.72. The SMILES string of the molecule is CNC(c1cc(C)sc1C)c1cccc(C)c1I. The molecule has 1 unspecified atom stereocenters. The number of aryl methyl sites for hydroxylation is 3. The first-order valence-electron chi connectivity index (χ1n) is 6.03. The molecule has 0 spiro atoms. The largest absolute Gasteiger partial charge is 0.309 e. The highest BCUT2D eigenvalue weighted by Crippen LogP contribution is 2.33. The number of nitrogens with one attached hydrogen (secondary N) is 1. The van der Waals surface area contributed by atoms with Crippen LogP contribution in [-0.4, -0.2) is 7.05 Å². The van der Waals surface area contributed by atoms with Crippen molar-refractivity contribution in [3.8, 4) is 0 Å². The maximum absolute atomic E-state index is 3.46. The van der Waals surface area contributed by atoms with E-state index in [1.807, 2.05) is 18.4 Å². The Bertz CT molecular complexity index is 560. The lowest BCUT2D eigenvalue weighted by atomic mass is 9.98. The van der Waals surface area contributed by atoms with Crippen molar-refractivity contribution in [1.29, 1.82) is 0 Å². The summed E-state index contributed by atoms with van der Waals surface area (Å²) in [5.74, 6) is 0. The Balaban J connectivity index is 2.52. The number of rotatable bonds is 3. The van der Waals surface area contributed by atoms with E-state index in [9.17, 15) is 0 Å². The Kier molecular flexibility index (Phi) is 4.45. The molecule has 0 fully saturated rings. The van der Waals surface area contributed by atoms with Gasteiger partial charge in [0.15, 0.2) is 0 Å². The van der Waals surface area contributed by atoms with Crippen molar-refractivity contribution in [1.82, 2.24) is 5.32 Å². The smallest absolute Gasteiger partial charge is 0.0595 e. The number of hydrogen-bond acceptors (Lipinski definition) is 2. The summed E-state index contributed by atoms with van der Waals surface area (Å²) in [6, 6.07) is 9.14. The first kappa shape index (κ1) is 14.0. The number of thiophene rings is 1. The van der Waals surface area contributed by atoms with Crippen LogP contribution >= 0.6 is 33.9 Å². The third kappa shape index (κ3) is 2.63. The molecule has 2 aromatic rings. The maximum Gasteiger partial charge on any atom is 0.0595 e. The molecule has 1 nitrogen and oxygen atoms in total. The molecule has 1 aromatic carbocycles. The van der Waals surface area contributed by atoms with Crippen LogP contribution in [0.15, 0.2) is 24.3 Å². The fourth-order valence-corrected chi connectivity index (χ4v) is 3.94. The quantitative estimate of drug-likeness (QED) is 0.779. The van der Waals surface area contributed by atoms with Crippen LogP contribution < -0.4 is 5.32 Å². The van der Waals surface area contributed by atoms with Gasteiger partial charge in [0.25, 0.3) is 0 Å². The van der Waals surface area contributed by atoms with Crippen molar-refractivity contribution < 1.29 is 0 Å². The summed E-state index contributed by atoms with van der Waals surface area (Å²) in [6.07, 6.45) is 0. The number of hydrogen-bond donors (Lipinski definition) is 1. The van der Waals surface area contributed by atoms with Crippen LogP contribution in [0.25, 0.3) is 0 Å². The minimum Gasteiger partial charge on any atom is -0.309 e. The van der Waals surface area contributed by atoms with Gasteiger partial charge in [0.1, 0.15) is 0 Å². The van der Waals surface area contributed by atoms with Crippen molar-refractivity contribution in [3.05, 3.63) is 54.3 Å². The zero-order chi connectivity index (χ0) is 13.3. The van der Waals surface area contributed by atoms with Gasteiger partial charge < -0.3 is 5.32 Å². The Hall–Kier alpha value is -0.390. The zero-order valence-electron chi connectivity index (χ0n) is 11.2. The van der Waals surface area contributed by atoms with Gasteiger partial charge >= 0.3 is 0 Å². The second-order valence-corrected chi connectivity index (χ2v) is 7.11. The fraction of sp³-hybridized carbons (Fsp3) is 0.333. The molecular weight excluding hydrogens is 353 g/mol. The first-order chi connectivity index (χ1) is 8.54. The number of benzene rings is 1. The maximum atomic E-state index is 3.46. The molecule has 3 heteroatoms. The van der Waals surface area contributed by atoms with Gasteiger partial charge in [0.2, 0.25) is 0 Å². The van der Waals surface area contributed by atoms with Crippen LogP contribution in [-0.2, 0) is 0 Å². The summed E-state index contributed by atoms with van der Waals surface area (Å²) < 4.78 is 1.36. The molecule has 0 aliphatic heterocycles. The topological polar surface area (TPSA) is 12.0 Å². The first-order valence-corrected chi connectivity index (χ1v) is 7.93. The fourth-order valence-electron chi connectivity index (χ4n) is 2.31. The molecule has 1 heterocycles. The Labute approximate surface area is 127 Å². The zero-order valence-corrected chi connectivity index (χ0v) is 14.1. The third-order valence-electron chi connectivity index (χ3n) is 3.21. The Morgan fingerprint density at radius 1 is 1.17 bits per heavy atom. The van der Waals surface area contributed by atoms with Crippen molar-refractivity contribution in [2.45, 2.75) is 26.8 Å².